The molecule has 0 spiro atoms. The molecule has 2 aliphatic heterocycles. The van der Waals surface area contributed by atoms with Gasteiger partial charge in [0, 0.05) is 44.7 Å². The minimum atomic E-state index is -0.385. The molecular formula is C22H30N6O3. The lowest BCUT2D eigenvalue weighted by Gasteiger charge is -2.32. The first-order valence-electron chi connectivity index (χ1n) is 11.1. The number of anilines is 1. The molecule has 0 radical (unpaired) electrons. The molecule has 1 aromatic carbocycles. The smallest absolute Gasteiger partial charge is 0.293 e. The molecule has 1 amide bonds. The highest BCUT2D eigenvalue weighted by atomic mass is 16.6. The van der Waals surface area contributed by atoms with Crippen molar-refractivity contribution in [3.8, 4) is 0 Å². The molecule has 0 aliphatic carbocycles. The topological polar surface area (TPSA) is 97.4 Å². The lowest BCUT2D eigenvalue weighted by molar-refractivity contribution is -0.384. The molecule has 1 saturated heterocycles. The highest BCUT2D eigenvalue weighted by molar-refractivity contribution is 5.95. The van der Waals surface area contributed by atoms with E-state index in [1.54, 1.807) is 24.1 Å². The number of nitro benzene ring substituents is 1. The molecule has 2 aliphatic rings. The van der Waals surface area contributed by atoms with Crippen molar-refractivity contribution in [3.05, 3.63) is 45.5 Å². The monoisotopic (exact) mass is 426 g/mol. The first-order valence-corrected chi connectivity index (χ1v) is 11.1. The van der Waals surface area contributed by atoms with Gasteiger partial charge in [-0.15, -0.1) is 10.2 Å². The van der Waals surface area contributed by atoms with Crippen molar-refractivity contribution in [2.75, 3.05) is 25.0 Å². The predicted molar refractivity (Wildman–Crippen MR) is 117 cm³/mol. The van der Waals surface area contributed by atoms with Crippen LogP contribution in [0.4, 0.5) is 11.4 Å². The summed E-state index contributed by atoms with van der Waals surface area (Å²) in [6.45, 7) is 4.96. The van der Waals surface area contributed by atoms with Gasteiger partial charge in [0.15, 0.2) is 5.82 Å². The van der Waals surface area contributed by atoms with Crippen LogP contribution in [0.1, 0.15) is 61.0 Å². The number of benzene rings is 1. The van der Waals surface area contributed by atoms with E-state index in [1.165, 1.54) is 12.5 Å². The Morgan fingerprint density at radius 1 is 1.23 bits per heavy atom. The Kier molecular flexibility index (Phi) is 6.20. The average Bonchev–Trinajstić information content (AvgIpc) is 2.98. The lowest BCUT2D eigenvalue weighted by Crippen LogP contribution is -2.34. The first-order chi connectivity index (χ1) is 14.9. The average molecular weight is 427 g/mol. The Balaban J connectivity index is 1.53. The molecular weight excluding hydrogens is 396 g/mol. The molecule has 31 heavy (non-hydrogen) atoms. The highest BCUT2D eigenvalue weighted by Crippen LogP contribution is 2.32. The number of nitrogens with zero attached hydrogens (tertiary/aromatic N) is 6. The van der Waals surface area contributed by atoms with Gasteiger partial charge in [-0.2, -0.15) is 0 Å². The van der Waals surface area contributed by atoms with Gasteiger partial charge in [0.2, 0.25) is 0 Å². The second kappa shape index (κ2) is 9.03. The van der Waals surface area contributed by atoms with Gasteiger partial charge >= 0.3 is 0 Å². The fourth-order valence-corrected chi connectivity index (χ4v) is 4.64. The molecule has 9 nitrogen and oxygen atoms in total. The van der Waals surface area contributed by atoms with Crippen LogP contribution in [0.15, 0.2) is 18.2 Å². The Morgan fingerprint density at radius 3 is 2.84 bits per heavy atom. The third-order valence-electron chi connectivity index (χ3n) is 6.33. The van der Waals surface area contributed by atoms with Crippen molar-refractivity contribution >= 4 is 17.3 Å². The number of aryl methyl sites for hydroxylation is 1. The molecule has 9 heteroatoms. The molecule has 0 unspecified atom stereocenters. The number of piperidine rings is 1. The molecule has 3 heterocycles. The standard InChI is InChI=1S/C22H30N6O3/c1-16-7-6-11-26(14-16)18-10-9-17(13-19(18)28(30)31)22(29)25(2)15-21-24-23-20-8-4-3-5-12-27(20)21/h9-10,13,16H,3-8,11-12,14-15H2,1-2H3/t16-/m0/s1. The third kappa shape index (κ3) is 4.55. The van der Waals surface area contributed by atoms with Gasteiger partial charge in [-0.05, 0) is 43.7 Å². The van der Waals surface area contributed by atoms with Gasteiger partial charge in [-0.1, -0.05) is 13.3 Å². The Morgan fingerprint density at radius 2 is 2.06 bits per heavy atom. The zero-order valence-corrected chi connectivity index (χ0v) is 18.3. The van der Waals surface area contributed by atoms with Crippen LogP contribution >= 0.6 is 0 Å². The summed E-state index contributed by atoms with van der Waals surface area (Å²) >= 11 is 0. The second-order valence-electron chi connectivity index (χ2n) is 8.81. The number of amides is 1. The summed E-state index contributed by atoms with van der Waals surface area (Å²) in [6.07, 6.45) is 6.43. The molecule has 1 atom stereocenters. The Hall–Kier alpha value is -2.97. The van der Waals surface area contributed by atoms with E-state index in [0.717, 1.165) is 63.4 Å². The van der Waals surface area contributed by atoms with Crippen molar-refractivity contribution in [1.82, 2.24) is 19.7 Å². The van der Waals surface area contributed by atoms with Gasteiger partial charge in [0.05, 0.1) is 11.5 Å². The SMILES string of the molecule is C[C@H]1CCCN(c2ccc(C(=O)N(C)Cc3nnc4n3CCCCC4)cc2[N+](=O)[O-])C1. The number of nitro groups is 1. The van der Waals surface area contributed by atoms with Crippen molar-refractivity contribution in [2.45, 2.75) is 58.5 Å². The Labute approximate surface area is 182 Å². The number of fused-ring (bicyclic) bond motifs is 1. The van der Waals surface area contributed by atoms with Crippen LogP contribution in [0.3, 0.4) is 0 Å². The lowest BCUT2D eigenvalue weighted by atomic mass is 9.99. The first kappa shape index (κ1) is 21.3. The third-order valence-corrected chi connectivity index (χ3v) is 6.33. The van der Waals surface area contributed by atoms with Gasteiger partial charge in [-0.3, -0.25) is 14.9 Å². The van der Waals surface area contributed by atoms with Gasteiger partial charge < -0.3 is 14.4 Å². The summed E-state index contributed by atoms with van der Waals surface area (Å²) < 4.78 is 2.11. The number of carbonyl (C=O) groups excluding carboxylic acids is 1. The normalized spacial score (nSPS) is 18.9. The van der Waals surface area contributed by atoms with Crippen molar-refractivity contribution in [2.24, 2.45) is 5.92 Å². The number of hydrogen-bond acceptors (Lipinski definition) is 6. The van der Waals surface area contributed by atoms with Crippen LogP contribution < -0.4 is 4.90 Å². The molecule has 0 saturated carbocycles. The number of aromatic nitrogens is 3. The molecule has 1 fully saturated rings. The maximum atomic E-state index is 13.1. The maximum Gasteiger partial charge on any atom is 0.293 e. The highest BCUT2D eigenvalue weighted by Gasteiger charge is 2.26. The molecule has 1 aromatic heterocycles. The van der Waals surface area contributed by atoms with E-state index in [1.807, 2.05) is 0 Å². The summed E-state index contributed by atoms with van der Waals surface area (Å²) in [4.78, 5) is 28.1. The van der Waals surface area contributed by atoms with Crippen molar-refractivity contribution < 1.29 is 9.72 Å². The summed E-state index contributed by atoms with van der Waals surface area (Å²) in [5, 5.41) is 20.3. The van der Waals surface area contributed by atoms with Crippen LogP contribution in [0.2, 0.25) is 0 Å². The van der Waals surface area contributed by atoms with Crippen LogP contribution in [0.5, 0.6) is 0 Å². The fourth-order valence-electron chi connectivity index (χ4n) is 4.64. The van der Waals surface area contributed by atoms with Crippen molar-refractivity contribution in [3.63, 3.8) is 0 Å². The minimum absolute atomic E-state index is 0.00954. The van der Waals surface area contributed by atoms with Gasteiger partial charge in [0.25, 0.3) is 11.6 Å². The van der Waals surface area contributed by atoms with E-state index in [-0.39, 0.29) is 16.5 Å². The van der Waals surface area contributed by atoms with E-state index < -0.39 is 0 Å². The molecule has 0 N–H and O–H groups in total. The van der Waals surface area contributed by atoms with E-state index >= 15 is 0 Å². The number of carbonyl (C=O) groups is 1. The molecule has 166 valence electrons. The van der Waals surface area contributed by atoms with E-state index in [4.69, 9.17) is 0 Å². The van der Waals surface area contributed by atoms with E-state index in [2.05, 4.69) is 26.6 Å². The predicted octanol–water partition coefficient (Wildman–Crippen LogP) is 3.42. The second-order valence-corrected chi connectivity index (χ2v) is 8.81. The van der Waals surface area contributed by atoms with Crippen LogP contribution in [0, 0.1) is 16.0 Å². The summed E-state index contributed by atoms with van der Waals surface area (Å²) in [6, 6.07) is 4.84. The number of hydrogen-bond donors (Lipinski definition) is 0. The van der Waals surface area contributed by atoms with Crippen molar-refractivity contribution in [1.29, 1.82) is 0 Å². The zero-order chi connectivity index (χ0) is 22.0. The summed E-state index contributed by atoms with van der Waals surface area (Å²) in [5.41, 5.74) is 0.904. The molecule has 4 rings (SSSR count). The van der Waals surface area contributed by atoms with Gasteiger partial charge in [-0.25, -0.2) is 0 Å². The van der Waals surface area contributed by atoms with Crippen LogP contribution in [-0.2, 0) is 19.5 Å². The quantitative estimate of drug-likeness (QED) is 0.537. The van der Waals surface area contributed by atoms with Gasteiger partial charge in [0.1, 0.15) is 11.5 Å². The fraction of sp³-hybridized carbons (Fsp3) is 0.591. The van der Waals surface area contributed by atoms with Crippen LogP contribution in [-0.4, -0.2) is 50.6 Å². The summed E-state index contributed by atoms with van der Waals surface area (Å²) in [7, 11) is 1.70. The van der Waals surface area contributed by atoms with E-state index in [9.17, 15) is 14.9 Å². The van der Waals surface area contributed by atoms with E-state index in [0.29, 0.717) is 23.7 Å². The zero-order valence-electron chi connectivity index (χ0n) is 18.3. The number of rotatable bonds is 5. The Bertz CT molecular complexity index is 972. The van der Waals surface area contributed by atoms with Crippen LogP contribution in [0.25, 0.3) is 0 Å². The molecule has 2 aromatic rings. The minimum Gasteiger partial charge on any atom is -0.366 e. The summed E-state index contributed by atoms with van der Waals surface area (Å²) in [5.74, 6) is 1.98. The maximum absolute atomic E-state index is 13.1. The molecule has 0 bridgehead atoms. The largest absolute Gasteiger partial charge is 0.366 e.